The fourth-order valence-electron chi connectivity index (χ4n) is 1.23. The maximum atomic E-state index is 13.4. The molecule has 0 saturated heterocycles. The van der Waals surface area contributed by atoms with E-state index in [1.54, 1.807) is 0 Å². The maximum Gasteiger partial charge on any atom is 0.314 e. The molecule has 7 nitrogen and oxygen atoms in total. The molecule has 0 fully saturated rings. The predicted octanol–water partition coefficient (Wildman–Crippen LogP) is 2.46. The van der Waals surface area contributed by atoms with E-state index in [2.05, 4.69) is 5.32 Å². The lowest BCUT2D eigenvalue weighted by Gasteiger charge is -2.05. The van der Waals surface area contributed by atoms with Gasteiger partial charge in [0.25, 0.3) is 5.82 Å². The Morgan fingerprint density at radius 3 is 2.06 bits per heavy atom. The minimum atomic E-state index is -1.43. The average Bonchev–Trinajstić information content (AvgIpc) is 2.26. The molecule has 0 radical (unpaired) electrons. The van der Waals surface area contributed by atoms with Crippen molar-refractivity contribution < 1.29 is 14.2 Å². The minimum absolute atomic E-state index is 0.159. The zero-order valence-corrected chi connectivity index (χ0v) is 8.97. The largest absolute Gasteiger partial charge is 0.385 e. The molecule has 0 aromatic heterocycles. The van der Waals surface area contributed by atoms with Crippen molar-refractivity contribution in [1.29, 1.82) is 0 Å². The van der Waals surface area contributed by atoms with Crippen LogP contribution in [0.5, 0.6) is 0 Å². The fraction of sp³-hybridized carbons (Fsp3) is 0.333. The number of rotatable bonds is 5. The minimum Gasteiger partial charge on any atom is -0.385 e. The first-order valence-corrected chi connectivity index (χ1v) is 4.83. The lowest BCUT2D eigenvalue weighted by Crippen LogP contribution is -2.04. The van der Waals surface area contributed by atoms with E-state index < -0.39 is 27.0 Å². The predicted molar refractivity (Wildman–Crippen MR) is 58.5 cm³/mol. The zero-order valence-electron chi connectivity index (χ0n) is 8.97. The van der Waals surface area contributed by atoms with Crippen LogP contribution in [-0.2, 0) is 0 Å². The maximum absolute atomic E-state index is 13.4. The standard InChI is InChI=1S/C9H10FN3O4/c1-2-3-11-6-4-7(12(14)15)9(10)8(5-6)13(16)17/h4-5,11H,2-3H2,1H3. The highest BCUT2D eigenvalue weighted by Crippen LogP contribution is 2.30. The Morgan fingerprint density at radius 2 is 1.71 bits per heavy atom. The van der Waals surface area contributed by atoms with Gasteiger partial charge in [0.2, 0.25) is 0 Å². The van der Waals surface area contributed by atoms with Gasteiger partial charge in [-0.3, -0.25) is 20.2 Å². The van der Waals surface area contributed by atoms with Crippen molar-refractivity contribution in [2.45, 2.75) is 13.3 Å². The molecule has 0 amide bonds. The van der Waals surface area contributed by atoms with Crippen molar-refractivity contribution in [3.05, 3.63) is 38.2 Å². The highest BCUT2D eigenvalue weighted by atomic mass is 19.1. The van der Waals surface area contributed by atoms with Gasteiger partial charge < -0.3 is 5.32 Å². The van der Waals surface area contributed by atoms with Crippen molar-refractivity contribution in [2.24, 2.45) is 0 Å². The molecule has 0 unspecified atom stereocenters. The van der Waals surface area contributed by atoms with Crippen molar-refractivity contribution in [2.75, 3.05) is 11.9 Å². The van der Waals surface area contributed by atoms with Crippen molar-refractivity contribution in [1.82, 2.24) is 0 Å². The van der Waals surface area contributed by atoms with E-state index in [1.807, 2.05) is 6.92 Å². The van der Waals surface area contributed by atoms with Crippen molar-refractivity contribution >= 4 is 17.1 Å². The molecule has 0 atom stereocenters. The topological polar surface area (TPSA) is 98.3 Å². The van der Waals surface area contributed by atoms with Crippen LogP contribution >= 0.6 is 0 Å². The molecule has 1 aromatic rings. The van der Waals surface area contributed by atoms with Gasteiger partial charge in [-0.05, 0) is 6.42 Å². The number of hydrogen-bond acceptors (Lipinski definition) is 5. The first-order valence-electron chi connectivity index (χ1n) is 4.83. The monoisotopic (exact) mass is 243 g/mol. The molecule has 1 N–H and O–H groups in total. The highest BCUT2D eigenvalue weighted by molar-refractivity contribution is 5.60. The molecule has 1 rings (SSSR count). The molecular formula is C9H10FN3O4. The number of nitrogens with zero attached hydrogens (tertiary/aromatic N) is 2. The van der Waals surface area contributed by atoms with E-state index in [9.17, 15) is 24.6 Å². The van der Waals surface area contributed by atoms with Gasteiger partial charge in [0, 0.05) is 24.4 Å². The molecule has 0 heterocycles. The number of hydrogen-bond donors (Lipinski definition) is 1. The molecule has 0 bridgehead atoms. The summed E-state index contributed by atoms with van der Waals surface area (Å²) < 4.78 is 13.4. The molecule has 8 heteroatoms. The summed E-state index contributed by atoms with van der Waals surface area (Å²) >= 11 is 0. The van der Waals surface area contributed by atoms with Crippen molar-refractivity contribution in [3.63, 3.8) is 0 Å². The lowest BCUT2D eigenvalue weighted by molar-refractivity contribution is -0.399. The highest BCUT2D eigenvalue weighted by Gasteiger charge is 2.26. The summed E-state index contributed by atoms with van der Waals surface area (Å²) in [6.45, 7) is 2.35. The van der Waals surface area contributed by atoms with E-state index >= 15 is 0 Å². The summed E-state index contributed by atoms with van der Waals surface area (Å²) in [7, 11) is 0. The number of nitro groups is 2. The number of halogens is 1. The SMILES string of the molecule is CCCNc1cc([N+](=O)[O-])c(F)c([N+](=O)[O-])c1. The van der Waals surface area contributed by atoms with E-state index in [-0.39, 0.29) is 5.69 Å². The van der Waals surface area contributed by atoms with Gasteiger partial charge in [0.05, 0.1) is 9.85 Å². The van der Waals surface area contributed by atoms with E-state index in [1.165, 1.54) is 0 Å². The molecule has 0 aliphatic heterocycles. The van der Waals surface area contributed by atoms with Crippen LogP contribution in [0.25, 0.3) is 0 Å². The quantitative estimate of drug-likeness (QED) is 0.632. The Morgan fingerprint density at radius 1 is 1.24 bits per heavy atom. The van der Waals surface area contributed by atoms with Crippen LogP contribution < -0.4 is 5.32 Å². The molecule has 17 heavy (non-hydrogen) atoms. The molecule has 92 valence electrons. The Hall–Kier alpha value is -2.25. The second kappa shape index (κ2) is 5.19. The average molecular weight is 243 g/mol. The second-order valence-corrected chi connectivity index (χ2v) is 3.27. The van der Waals surface area contributed by atoms with Crippen LogP contribution in [0.3, 0.4) is 0 Å². The normalized spacial score (nSPS) is 10.0. The molecular weight excluding hydrogens is 233 g/mol. The van der Waals surface area contributed by atoms with Crippen LogP contribution in [0.2, 0.25) is 0 Å². The van der Waals surface area contributed by atoms with E-state index in [0.29, 0.717) is 6.54 Å². The van der Waals surface area contributed by atoms with Gasteiger partial charge >= 0.3 is 11.4 Å². The molecule has 0 aliphatic rings. The summed E-state index contributed by atoms with van der Waals surface area (Å²) in [4.78, 5) is 19.1. The van der Waals surface area contributed by atoms with Crippen LogP contribution in [0, 0.1) is 26.0 Å². The number of benzene rings is 1. The van der Waals surface area contributed by atoms with Gasteiger partial charge in [0.15, 0.2) is 0 Å². The lowest BCUT2D eigenvalue weighted by atomic mass is 10.2. The van der Waals surface area contributed by atoms with Gasteiger partial charge in [-0.25, -0.2) is 0 Å². The summed E-state index contributed by atoms with van der Waals surface area (Å²) in [5.74, 6) is -1.43. The van der Waals surface area contributed by atoms with E-state index in [4.69, 9.17) is 0 Å². The summed E-state index contributed by atoms with van der Waals surface area (Å²) in [6.07, 6.45) is 0.735. The Balaban J connectivity index is 3.26. The third-order valence-electron chi connectivity index (χ3n) is 2.01. The smallest absolute Gasteiger partial charge is 0.314 e. The third-order valence-corrected chi connectivity index (χ3v) is 2.01. The number of nitrogens with one attached hydrogen (secondary N) is 1. The third kappa shape index (κ3) is 2.86. The van der Waals surface area contributed by atoms with Gasteiger partial charge in [-0.2, -0.15) is 4.39 Å². The molecule has 0 spiro atoms. The van der Waals surface area contributed by atoms with Gasteiger partial charge in [-0.15, -0.1) is 0 Å². The zero-order chi connectivity index (χ0) is 13.0. The van der Waals surface area contributed by atoms with Gasteiger partial charge in [-0.1, -0.05) is 6.92 Å². The van der Waals surface area contributed by atoms with E-state index in [0.717, 1.165) is 18.6 Å². The molecule has 0 saturated carbocycles. The Bertz CT molecular complexity index is 429. The first-order chi connectivity index (χ1) is 7.97. The number of anilines is 1. The number of nitro benzene ring substituents is 2. The van der Waals surface area contributed by atoms with Crippen LogP contribution in [-0.4, -0.2) is 16.4 Å². The van der Waals surface area contributed by atoms with Crippen LogP contribution in [0.15, 0.2) is 12.1 Å². The summed E-state index contributed by atoms with van der Waals surface area (Å²) in [5.41, 5.74) is -1.65. The summed E-state index contributed by atoms with van der Waals surface area (Å²) in [6, 6.07) is 1.88. The Kier molecular flexibility index (Phi) is 3.91. The second-order valence-electron chi connectivity index (χ2n) is 3.27. The Labute approximate surface area is 95.5 Å². The van der Waals surface area contributed by atoms with Crippen molar-refractivity contribution in [3.8, 4) is 0 Å². The molecule has 0 aliphatic carbocycles. The summed E-state index contributed by atoms with van der Waals surface area (Å²) in [5, 5.41) is 23.8. The fourth-order valence-corrected chi connectivity index (χ4v) is 1.23. The van der Waals surface area contributed by atoms with Crippen LogP contribution in [0.4, 0.5) is 21.5 Å². The van der Waals surface area contributed by atoms with Gasteiger partial charge in [0.1, 0.15) is 0 Å². The van der Waals surface area contributed by atoms with Crippen LogP contribution in [0.1, 0.15) is 13.3 Å². The molecule has 1 aromatic carbocycles. The first kappa shape index (κ1) is 12.8.